The molecule has 0 radical (unpaired) electrons. The van der Waals surface area contributed by atoms with E-state index in [1.807, 2.05) is 6.07 Å². The van der Waals surface area contributed by atoms with Crippen LogP contribution in [0.3, 0.4) is 0 Å². The van der Waals surface area contributed by atoms with Gasteiger partial charge in [-0.3, -0.25) is 10.1 Å². The number of halogens is 1. The minimum atomic E-state index is -0.328. The zero-order chi connectivity index (χ0) is 13.1. The van der Waals surface area contributed by atoms with Gasteiger partial charge in [-0.2, -0.15) is 0 Å². The average molecular weight is 314 g/mol. The molecule has 0 amide bonds. The van der Waals surface area contributed by atoms with Crippen molar-refractivity contribution < 1.29 is 4.92 Å². The number of hydrogen-bond acceptors (Lipinski definition) is 4. The van der Waals surface area contributed by atoms with Gasteiger partial charge in [0.2, 0.25) is 0 Å². The predicted octanol–water partition coefficient (Wildman–Crippen LogP) is 2.24. The number of rotatable bonds is 3. The Morgan fingerprint density at radius 1 is 1.28 bits per heavy atom. The van der Waals surface area contributed by atoms with Crippen LogP contribution in [-0.2, 0) is 5.33 Å². The molecule has 2 rings (SSSR count). The molecule has 0 aromatic heterocycles. The summed E-state index contributed by atoms with van der Waals surface area (Å²) in [7, 11) is 2.09. The van der Waals surface area contributed by atoms with Crippen molar-refractivity contribution in [3.05, 3.63) is 33.9 Å². The van der Waals surface area contributed by atoms with E-state index in [0.29, 0.717) is 5.33 Å². The summed E-state index contributed by atoms with van der Waals surface area (Å²) in [5.41, 5.74) is 2.06. The van der Waals surface area contributed by atoms with Crippen molar-refractivity contribution >= 4 is 27.3 Å². The molecule has 1 aliphatic heterocycles. The number of nitro benzene ring substituents is 1. The third-order valence-electron chi connectivity index (χ3n) is 3.20. The number of nitrogens with zero attached hydrogens (tertiary/aromatic N) is 3. The molecule has 18 heavy (non-hydrogen) atoms. The molecule has 0 saturated carbocycles. The Balaban J connectivity index is 2.26. The first-order valence-electron chi connectivity index (χ1n) is 5.88. The van der Waals surface area contributed by atoms with Crippen molar-refractivity contribution in [1.29, 1.82) is 0 Å². The van der Waals surface area contributed by atoms with E-state index in [9.17, 15) is 10.1 Å². The van der Waals surface area contributed by atoms with Crippen LogP contribution in [0.25, 0.3) is 0 Å². The number of anilines is 1. The molecule has 0 aliphatic carbocycles. The van der Waals surface area contributed by atoms with Crippen LogP contribution in [0.2, 0.25) is 0 Å². The molecule has 1 aliphatic rings. The summed E-state index contributed by atoms with van der Waals surface area (Å²) in [6.45, 7) is 3.82. The van der Waals surface area contributed by atoms with E-state index in [1.165, 1.54) is 0 Å². The standard InChI is InChI=1S/C12H16BrN3O2/c1-14-2-4-15(5-3-14)11-6-10(9-13)7-12(8-11)16(17)18/h6-8H,2-5,9H2,1H3. The third kappa shape index (κ3) is 3.00. The Hall–Kier alpha value is -1.14. The molecule has 0 unspecified atom stereocenters. The lowest BCUT2D eigenvalue weighted by atomic mass is 10.1. The van der Waals surface area contributed by atoms with E-state index in [-0.39, 0.29) is 10.6 Å². The first-order chi connectivity index (χ1) is 8.60. The second kappa shape index (κ2) is 5.67. The second-order valence-corrected chi connectivity index (χ2v) is 5.10. The molecular weight excluding hydrogens is 298 g/mol. The van der Waals surface area contributed by atoms with Gasteiger partial charge in [0.25, 0.3) is 5.69 Å². The van der Waals surface area contributed by atoms with E-state index in [2.05, 4.69) is 32.8 Å². The molecule has 0 N–H and O–H groups in total. The second-order valence-electron chi connectivity index (χ2n) is 4.54. The Morgan fingerprint density at radius 3 is 2.50 bits per heavy atom. The van der Waals surface area contributed by atoms with Crippen molar-refractivity contribution in [2.24, 2.45) is 0 Å². The van der Waals surface area contributed by atoms with Crippen LogP contribution in [0, 0.1) is 10.1 Å². The van der Waals surface area contributed by atoms with Gasteiger partial charge in [-0.1, -0.05) is 15.9 Å². The summed E-state index contributed by atoms with van der Waals surface area (Å²) in [4.78, 5) is 15.1. The molecule has 0 atom stereocenters. The summed E-state index contributed by atoms with van der Waals surface area (Å²) in [5, 5.41) is 11.6. The van der Waals surface area contributed by atoms with Crippen molar-refractivity contribution in [2.75, 3.05) is 38.1 Å². The summed E-state index contributed by atoms with van der Waals surface area (Å²) in [6.07, 6.45) is 0. The van der Waals surface area contributed by atoms with E-state index in [1.54, 1.807) is 12.1 Å². The fourth-order valence-electron chi connectivity index (χ4n) is 2.09. The molecule has 0 bridgehead atoms. The van der Waals surface area contributed by atoms with Gasteiger partial charge >= 0.3 is 0 Å². The summed E-state index contributed by atoms with van der Waals surface area (Å²) in [6, 6.07) is 5.30. The Bertz CT molecular complexity index is 445. The number of non-ortho nitro benzene ring substituents is 1. The van der Waals surface area contributed by atoms with Crippen LogP contribution >= 0.6 is 15.9 Å². The largest absolute Gasteiger partial charge is 0.369 e. The van der Waals surface area contributed by atoms with Gasteiger partial charge in [0, 0.05) is 49.3 Å². The maximum absolute atomic E-state index is 10.9. The molecule has 1 aromatic carbocycles. The summed E-state index contributed by atoms with van der Waals surface area (Å²) < 4.78 is 0. The Labute approximate surface area is 115 Å². The highest BCUT2D eigenvalue weighted by Crippen LogP contribution is 2.26. The quantitative estimate of drug-likeness (QED) is 0.488. The fraction of sp³-hybridized carbons (Fsp3) is 0.500. The molecule has 1 heterocycles. The van der Waals surface area contributed by atoms with Gasteiger partial charge in [-0.05, 0) is 18.7 Å². The van der Waals surface area contributed by atoms with Gasteiger partial charge in [0.15, 0.2) is 0 Å². The number of likely N-dealkylation sites (N-methyl/N-ethyl adjacent to an activating group) is 1. The number of hydrogen-bond donors (Lipinski definition) is 0. The lowest BCUT2D eigenvalue weighted by Crippen LogP contribution is -2.44. The first kappa shape index (κ1) is 13.3. The summed E-state index contributed by atoms with van der Waals surface area (Å²) >= 11 is 3.36. The summed E-state index contributed by atoms with van der Waals surface area (Å²) in [5.74, 6) is 0. The highest BCUT2D eigenvalue weighted by atomic mass is 79.9. The molecule has 98 valence electrons. The SMILES string of the molecule is CN1CCN(c2cc(CBr)cc([N+](=O)[O-])c2)CC1. The van der Waals surface area contributed by atoms with Crippen LogP contribution in [0.4, 0.5) is 11.4 Å². The lowest BCUT2D eigenvalue weighted by Gasteiger charge is -2.34. The molecular formula is C12H16BrN3O2. The topological polar surface area (TPSA) is 49.6 Å². The van der Waals surface area contributed by atoms with Gasteiger partial charge in [-0.25, -0.2) is 0 Å². The maximum Gasteiger partial charge on any atom is 0.271 e. The molecule has 1 aromatic rings. The number of nitro groups is 1. The van der Waals surface area contributed by atoms with Crippen LogP contribution in [0.1, 0.15) is 5.56 Å². The molecule has 0 spiro atoms. The highest BCUT2D eigenvalue weighted by Gasteiger charge is 2.17. The molecule has 6 heteroatoms. The zero-order valence-corrected chi connectivity index (χ0v) is 11.9. The first-order valence-corrected chi connectivity index (χ1v) is 7.00. The fourth-order valence-corrected chi connectivity index (χ4v) is 2.41. The van der Waals surface area contributed by atoms with Crippen LogP contribution < -0.4 is 4.90 Å². The number of benzene rings is 1. The Kier molecular flexibility index (Phi) is 4.19. The van der Waals surface area contributed by atoms with E-state index >= 15 is 0 Å². The van der Waals surface area contributed by atoms with Gasteiger partial charge in [0.05, 0.1) is 4.92 Å². The van der Waals surface area contributed by atoms with E-state index in [0.717, 1.165) is 37.4 Å². The van der Waals surface area contributed by atoms with Crippen LogP contribution in [0.15, 0.2) is 18.2 Å². The molecule has 5 nitrogen and oxygen atoms in total. The molecule has 1 fully saturated rings. The van der Waals surface area contributed by atoms with Crippen molar-refractivity contribution in [3.8, 4) is 0 Å². The Morgan fingerprint density at radius 2 is 1.94 bits per heavy atom. The minimum Gasteiger partial charge on any atom is -0.369 e. The van der Waals surface area contributed by atoms with Crippen molar-refractivity contribution in [2.45, 2.75) is 5.33 Å². The van der Waals surface area contributed by atoms with Gasteiger partial charge < -0.3 is 9.80 Å². The smallest absolute Gasteiger partial charge is 0.271 e. The monoisotopic (exact) mass is 313 g/mol. The predicted molar refractivity (Wildman–Crippen MR) is 75.4 cm³/mol. The van der Waals surface area contributed by atoms with Gasteiger partial charge in [0.1, 0.15) is 0 Å². The van der Waals surface area contributed by atoms with E-state index < -0.39 is 0 Å². The van der Waals surface area contributed by atoms with Crippen LogP contribution in [-0.4, -0.2) is 43.0 Å². The van der Waals surface area contributed by atoms with E-state index in [4.69, 9.17) is 0 Å². The van der Waals surface area contributed by atoms with Crippen molar-refractivity contribution in [3.63, 3.8) is 0 Å². The minimum absolute atomic E-state index is 0.167. The maximum atomic E-state index is 10.9. The van der Waals surface area contributed by atoms with Crippen LogP contribution in [0.5, 0.6) is 0 Å². The highest BCUT2D eigenvalue weighted by molar-refractivity contribution is 9.08. The average Bonchev–Trinajstić information content (AvgIpc) is 2.39. The number of piperazine rings is 1. The number of alkyl halides is 1. The molecule has 1 saturated heterocycles. The normalized spacial score (nSPS) is 16.9. The van der Waals surface area contributed by atoms with Crippen molar-refractivity contribution in [1.82, 2.24) is 4.90 Å². The van der Waals surface area contributed by atoms with Gasteiger partial charge in [-0.15, -0.1) is 0 Å². The lowest BCUT2D eigenvalue weighted by molar-refractivity contribution is -0.384. The third-order valence-corrected chi connectivity index (χ3v) is 3.84. The zero-order valence-electron chi connectivity index (χ0n) is 10.3.